The number of phenolic OH excluding ortho intramolecular Hbond substituents is 1. The molecule has 0 aliphatic heterocycles. The zero-order chi connectivity index (χ0) is 25.6. The van der Waals surface area contributed by atoms with E-state index in [4.69, 9.17) is 4.74 Å². The van der Waals surface area contributed by atoms with Crippen molar-refractivity contribution in [3.8, 4) is 5.75 Å². The fraction of sp³-hybridized carbons (Fsp3) is 0.625. The highest BCUT2D eigenvalue weighted by atomic mass is 32.1. The number of hydrogen-bond acceptors (Lipinski definition) is 6. The molecular formula is C24H39N3O5S. The first-order valence-corrected chi connectivity index (χ1v) is 11.8. The van der Waals surface area contributed by atoms with Gasteiger partial charge in [-0.3, -0.25) is 9.59 Å². The van der Waals surface area contributed by atoms with E-state index in [-0.39, 0.29) is 17.5 Å². The van der Waals surface area contributed by atoms with E-state index in [1.807, 2.05) is 34.6 Å². The number of rotatable bonds is 8. The van der Waals surface area contributed by atoms with Crippen LogP contribution in [0.1, 0.15) is 73.4 Å². The molecule has 0 bridgehead atoms. The number of phenols is 1. The van der Waals surface area contributed by atoms with Crippen LogP contribution in [0.2, 0.25) is 0 Å². The van der Waals surface area contributed by atoms with Crippen molar-refractivity contribution in [2.24, 2.45) is 0 Å². The molecule has 0 aliphatic carbocycles. The number of carbonyl (C=O) groups excluding carboxylic acids is 3. The number of hydrogen-bond donors (Lipinski definition) is 4. The number of carbonyl (C=O) groups is 3. The van der Waals surface area contributed by atoms with E-state index in [2.05, 4.69) is 23.3 Å². The summed E-state index contributed by atoms with van der Waals surface area (Å²) in [7, 11) is 0. The van der Waals surface area contributed by atoms with Gasteiger partial charge < -0.3 is 25.4 Å². The molecule has 0 spiro atoms. The van der Waals surface area contributed by atoms with Crippen molar-refractivity contribution in [2.45, 2.75) is 91.1 Å². The Bertz CT molecular complexity index is 832. The number of benzene rings is 1. The molecule has 1 rings (SSSR count). The lowest BCUT2D eigenvalue weighted by Gasteiger charge is -2.39. The van der Waals surface area contributed by atoms with Crippen molar-refractivity contribution < 1.29 is 24.2 Å². The molecule has 0 heterocycles. The van der Waals surface area contributed by atoms with Crippen LogP contribution < -0.4 is 10.6 Å². The summed E-state index contributed by atoms with van der Waals surface area (Å²) in [5.41, 5.74) is -1.01. The summed E-state index contributed by atoms with van der Waals surface area (Å²) < 4.78 is 5.29. The Kier molecular flexibility index (Phi) is 10.1. The van der Waals surface area contributed by atoms with Gasteiger partial charge in [0.25, 0.3) is 0 Å². The van der Waals surface area contributed by atoms with Gasteiger partial charge in [-0.05, 0) is 61.0 Å². The third-order valence-corrected chi connectivity index (χ3v) is 5.11. The summed E-state index contributed by atoms with van der Waals surface area (Å²) in [5, 5.41) is 16.0. The molecule has 0 aliphatic rings. The van der Waals surface area contributed by atoms with Crippen LogP contribution in [0.15, 0.2) is 24.3 Å². The number of thiol groups is 1. The molecule has 0 aromatic heterocycles. The van der Waals surface area contributed by atoms with Crippen molar-refractivity contribution in [2.75, 3.05) is 5.75 Å². The molecule has 8 nitrogen and oxygen atoms in total. The lowest BCUT2D eigenvalue weighted by Crippen LogP contribution is -2.57. The van der Waals surface area contributed by atoms with Crippen LogP contribution in [0.5, 0.6) is 5.75 Å². The Morgan fingerprint density at radius 3 is 2.15 bits per heavy atom. The van der Waals surface area contributed by atoms with Crippen LogP contribution in [0.3, 0.4) is 0 Å². The topological polar surface area (TPSA) is 108 Å². The maximum absolute atomic E-state index is 13.7. The van der Waals surface area contributed by atoms with Gasteiger partial charge in [0, 0.05) is 22.9 Å². The fourth-order valence-electron chi connectivity index (χ4n) is 3.18. The summed E-state index contributed by atoms with van der Waals surface area (Å²) in [6, 6.07) is 3.90. The molecule has 0 saturated carbocycles. The first kappa shape index (κ1) is 28.6. The van der Waals surface area contributed by atoms with Crippen LogP contribution in [0.25, 0.3) is 0 Å². The smallest absolute Gasteiger partial charge is 0.408 e. The highest BCUT2D eigenvalue weighted by Crippen LogP contribution is 2.32. The van der Waals surface area contributed by atoms with Crippen molar-refractivity contribution in [1.29, 1.82) is 0 Å². The third kappa shape index (κ3) is 8.79. The lowest BCUT2D eigenvalue weighted by atomic mass is 9.98. The predicted molar refractivity (Wildman–Crippen MR) is 132 cm³/mol. The van der Waals surface area contributed by atoms with E-state index >= 15 is 0 Å². The zero-order valence-electron chi connectivity index (χ0n) is 20.9. The highest BCUT2D eigenvalue weighted by Gasteiger charge is 2.40. The van der Waals surface area contributed by atoms with Gasteiger partial charge in [-0.15, -0.1) is 0 Å². The van der Waals surface area contributed by atoms with Crippen molar-refractivity contribution in [3.63, 3.8) is 0 Å². The second kappa shape index (κ2) is 11.6. The van der Waals surface area contributed by atoms with Gasteiger partial charge in [0.1, 0.15) is 23.4 Å². The third-order valence-electron chi connectivity index (χ3n) is 4.75. The average Bonchev–Trinajstić information content (AvgIpc) is 2.67. The highest BCUT2D eigenvalue weighted by molar-refractivity contribution is 7.80. The van der Waals surface area contributed by atoms with Crippen LogP contribution in [0, 0.1) is 0 Å². The number of amides is 3. The van der Waals surface area contributed by atoms with E-state index in [1.54, 1.807) is 39.0 Å². The van der Waals surface area contributed by atoms with Crippen LogP contribution >= 0.6 is 12.6 Å². The Hall–Kier alpha value is -2.42. The van der Waals surface area contributed by atoms with Gasteiger partial charge in [0.2, 0.25) is 11.8 Å². The van der Waals surface area contributed by atoms with E-state index < -0.39 is 41.1 Å². The molecule has 3 N–H and O–H groups in total. The molecule has 9 heteroatoms. The minimum Gasteiger partial charge on any atom is -0.508 e. The number of aromatic hydroxyl groups is 1. The molecular weight excluding hydrogens is 442 g/mol. The first-order valence-electron chi connectivity index (χ1n) is 11.1. The second-order valence-corrected chi connectivity index (χ2v) is 10.4. The average molecular weight is 482 g/mol. The number of alkyl carbamates (subject to hydrolysis) is 1. The van der Waals surface area contributed by atoms with Crippen LogP contribution in [-0.2, 0) is 14.3 Å². The summed E-state index contributed by atoms with van der Waals surface area (Å²) >= 11 is 4.26. The van der Waals surface area contributed by atoms with E-state index in [9.17, 15) is 19.5 Å². The van der Waals surface area contributed by atoms with Crippen LogP contribution in [-0.4, -0.2) is 56.9 Å². The van der Waals surface area contributed by atoms with E-state index in [1.165, 1.54) is 11.0 Å². The largest absolute Gasteiger partial charge is 0.508 e. The van der Waals surface area contributed by atoms with Crippen LogP contribution in [0.4, 0.5) is 4.79 Å². The molecule has 0 saturated heterocycles. The summed E-state index contributed by atoms with van der Waals surface area (Å²) in [4.78, 5) is 40.9. The molecule has 1 aromatic rings. The molecule has 0 radical (unpaired) electrons. The molecule has 3 amide bonds. The van der Waals surface area contributed by atoms with Crippen molar-refractivity contribution >= 4 is 30.5 Å². The number of nitrogens with one attached hydrogen (secondary N) is 2. The number of ether oxygens (including phenoxy) is 1. The number of para-hydroxylation sites is 1. The fourth-order valence-corrected chi connectivity index (χ4v) is 3.43. The Labute approximate surface area is 202 Å². The monoisotopic (exact) mass is 481 g/mol. The molecule has 3 unspecified atom stereocenters. The summed E-state index contributed by atoms with van der Waals surface area (Å²) in [6.07, 6.45) is -0.207. The van der Waals surface area contributed by atoms with E-state index in [0.29, 0.717) is 12.0 Å². The normalized spacial score (nSPS) is 14.6. The minimum atomic E-state index is -1.12. The quantitative estimate of drug-likeness (QED) is 0.423. The molecule has 0 fully saturated rings. The summed E-state index contributed by atoms with van der Waals surface area (Å²) in [5.74, 6) is -1.04. The Morgan fingerprint density at radius 1 is 1.12 bits per heavy atom. The zero-order valence-corrected chi connectivity index (χ0v) is 21.8. The summed E-state index contributed by atoms with van der Waals surface area (Å²) in [6.45, 7) is 14.4. The van der Waals surface area contributed by atoms with Gasteiger partial charge in [-0.2, -0.15) is 12.6 Å². The SMILES string of the molecule is CCC(C)N(C(=O)C(CS)NC(=O)OC(C)(C)C)C(C(=O)NC(C)(C)C)c1ccccc1O. The predicted octanol–water partition coefficient (Wildman–Crippen LogP) is 3.80. The molecule has 1 aromatic carbocycles. The van der Waals surface area contributed by atoms with Gasteiger partial charge in [0.15, 0.2) is 0 Å². The maximum atomic E-state index is 13.7. The minimum absolute atomic E-state index is 0.000603. The van der Waals surface area contributed by atoms with Gasteiger partial charge >= 0.3 is 6.09 Å². The van der Waals surface area contributed by atoms with Crippen molar-refractivity contribution in [1.82, 2.24) is 15.5 Å². The van der Waals surface area contributed by atoms with Gasteiger partial charge in [-0.1, -0.05) is 25.1 Å². The Morgan fingerprint density at radius 2 is 1.70 bits per heavy atom. The standard InChI is InChI=1S/C24H39N3O5S/c1-9-15(2)27(21(30)17(14-33)25-22(31)32-24(6,7)8)19(20(29)26-23(3,4)5)16-12-10-11-13-18(16)28/h10-13,15,17,19,28,33H,9,14H2,1-8H3,(H,25,31)(H,26,29). The van der Waals surface area contributed by atoms with E-state index in [0.717, 1.165) is 0 Å². The second-order valence-electron chi connectivity index (χ2n) is 10.1. The molecule has 3 atom stereocenters. The van der Waals surface area contributed by atoms with Gasteiger partial charge in [-0.25, -0.2) is 4.79 Å². The molecule has 33 heavy (non-hydrogen) atoms. The maximum Gasteiger partial charge on any atom is 0.408 e. The Balaban J connectivity index is 3.48. The van der Waals surface area contributed by atoms with Crippen molar-refractivity contribution in [3.05, 3.63) is 29.8 Å². The number of nitrogens with zero attached hydrogens (tertiary/aromatic N) is 1. The molecule has 186 valence electrons. The van der Waals surface area contributed by atoms with Gasteiger partial charge in [0.05, 0.1) is 0 Å². The lowest BCUT2D eigenvalue weighted by molar-refractivity contribution is -0.145. The first-order chi connectivity index (χ1) is 15.1.